The normalized spacial score (nSPS) is 21.1. The number of imide groups is 1. The molecule has 0 radical (unpaired) electrons. The van der Waals surface area contributed by atoms with E-state index in [2.05, 4.69) is 72.1 Å². The number of benzene rings is 2. The lowest BCUT2D eigenvalue weighted by Crippen LogP contribution is -2.51. The van der Waals surface area contributed by atoms with Crippen LogP contribution in [0.5, 0.6) is 0 Å². The number of rotatable bonds is 7. The lowest BCUT2D eigenvalue weighted by molar-refractivity contribution is -0.135. The Bertz CT molecular complexity index is 1560. The van der Waals surface area contributed by atoms with Crippen molar-refractivity contribution < 1.29 is 14.4 Å². The van der Waals surface area contributed by atoms with Crippen LogP contribution in [0.1, 0.15) is 59.9 Å². The van der Waals surface area contributed by atoms with E-state index in [4.69, 9.17) is 0 Å². The molecule has 4 aliphatic heterocycles. The van der Waals surface area contributed by atoms with E-state index in [0.717, 1.165) is 94.3 Å². The first kappa shape index (κ1) is 30.3. The largest absolute Gasteiger partial charge is 0.369 e. The monoisotopic (exact) mass is 622 g/mol. The van der Waals surface area contributed by atoms with Crippen molar-refractivity contribution in [3.63, 3.8) is 0 Å². The van der Waals surface area contributed by atoms with Gasteiger partial charge in [-0.1, -0.05) is 24.3 Å². The van der Waals surface area contributed by atoms with E-state index in [0.29, 0.717) is 31.3 Å². The first-order chi connectivity index (χ1) is 22.5. The first-order valence-corrected chi connectivity index (χ1v) is 16.6. The minimum atomic E-state index is -0.263. The van der Waals surface area contributed by atoms with Crippen LogP contribution < -0.4 is 20.9 Å². The van der Waals surface area contributed by atoms with Gasteiger partial charge in [-0.15, -0.1) is 0 Å². The smallest absolute Gasteiger partial charge is 0.236 e. The van der Waals surface area contributed by atoms with Crippen molar-refractivity contribution >= 4 is 35.0 Å². The second-order valence-electron chi connectivity index (χ2n) is 12.9. The van der Waals surface area contributed by atoms with Gasteiger partial charge in [-0.2, -0.15) is 0 Å². The van der Waals surface area contributed by atoms with E-state index in [-0.39, 0.29) is 23.6 Å². The minimum absolute atomic E-state index is 0.190. The lowest BCUT2D eigenvalue weighted by atomic mass is 9.89. The predicted molar refractivity (Wildman–Crippen MR) is 176 cm³/mol. The van der Waals surface area contributed by atoms with Gasteiger partial charge in [0.15, 0.2) is 0 Å². The molecule has 11 nitrogen and oxygen atoms in total. The number of likely N-dealkylation sites (tertiary alicyclic amines) is 1. The van der Waals surface area contributed by atoms with E-state index in [1.165, 1.54) is 11.1 Å². The summed E-state index contributed by atoms with van der Waals surface area (Å²) in [5.41, 5.74) is 6.65. The number of fused-ring (bicyclic) bond motifs is 1. The van der Waals surface area contributed by atoms with Crippen molar-refractivity contribution in [1.29, 1.82) is 0 Å². The zero-order valence-electron chi connectivity index (χ0n) is 26.2. The SMILES string of the molecule is O=C1CCC(c2ccc(N3CCN(CC(=O)N4CCC(c5ccc(Nc6ncc7c(n6)CNCC7)cc5)CC4)CC3)cc2)C(=O)N1. The Labute approximate surface area is 269 Å². The van der Waals surface area contributed by atoms with Crippen LogP contribution in [0.25, 0.3) is 0 Å². The predicted octanol–water partition coefficient (Wildman–Crippen LogP) is 2.91. The van der Waals surface area contributed by atoms with Crippen molar-refractivity contribution in [3.05, 3.63) is 77.1 Å². The summed E-state index contributed by atoms with van der Waals surface area (Å²) in [5, 5.41) is 9.15. The van der Waals surface area contributed by atoms with Gasteiger partial charge in [0, 0.05) is 69.8 Å². The van der Waals surface area contributed by atoms with Gasteiger partial charge >= 0.3 is 0 Å². The zero-order valence-corrected chi connectivity index (χ0v) is 26.2. The second-order valence-corrected chi connectivity index (χ2v) is 12.9. The van der Waals surface area contributed by atoms with Crippen molar-refractivity contribution in [2.75, 3.05) is 62.6 Å². The summed E-state index contributed by atoms with van der Waals surface area (Å²) in [6, 6.07) is 16.7. The maximum Gasteiger partial charge on any atom is 0.236 e. The summed E-state index contributed by atoms with van der Waals surface area (Å²) in [6.07, 6.45) is 5.80. The average molecular weight is 623 g/mol. The van der Waals surface area contributed by atoms with E-state index in [1.54, 1.807) is 0 Å². The highest BCUT2D eigenvalue weighted by Gasteiger charge is 2.29. The molecule has 7 rings (SSSR count). The Morgan fingerprint density at radius 3 is 2.35 bits per heavy atom. The number of piperazine rings is 1. The highest BCUT2D eigenvalue weighted by Crippen LogP contribution is 2.30. The first-order valence-electron chi connectivity index (χ1n) is 16.6. The summed E-state index contributed by atoms with van der Waals surface area (Å²) in [4.78, 5) is 52.7. The fraction of sp³-hybridized carbons (Fsp3) is 0.457. The Morgan fingerprint density at radius 2 is 1.61 bits per heavy atom. The molecule has 11 heteroatoms. The number of hydrogen-bond acceptors (Lipinski definition) is 9. The standard InChI is InChI=1S/C35H42N8O3/c44-32-10-9-30(34(46)40-32)26-3-7-29(8-4-26)42-19-17-41(18-20-42)23-33(45)43-15-12-25(13-16-43)24-1-5-28(6-2-24)38-35-37-21-27-11-14-36-22-31(27)39-35/h1-8,21,25,30,36H,9-20,22-23H2,(H,37,38,39)(H,40,44,46). The van der Waals surface area contributed by atoms with E-state index >= 15 is 0 Å². The van der Waals surface area contributed by atoms with Crippen molar-refractivity contribution in [2.24, 2.45) is 0 Å². The van der Waals surface area contributed by atoms with Gasteiger partial charge in [0.05, 0.1) is 18.2 Å². The second kappa shape index (κ2) is 13.6. The molecule has 0 spiro atoms. The summed E-state index contributed by atoms with van der Waals surface area (Å²) in [6.45, 7) is 7.20. The van der Waals surface area contributed by atoms with Gasteiger partial charge in [-0.3, -0.25) is 24.6 Å². The topological polar surface area (TPSA) is 123 Å². The third kappa shape index (κ3) is 6.90. The zero-order chi connectivity index (χ0) is 31.5. The quantitative estimate of drug-likeness (QED) is 0.342. The molecule has 1 aromatic heterocycles. The number of anilines is 3. The number of nitrogens with zero attached hydrogens (tertiary/aromatic N) is 5. The molecule has 0 bridgehead atoms. The number of piperidine rings is 2. The molecular formula is C35H42N8O3. The summed E-state index contributed by atoms with van der Waals surface area (Å²) < 4.78 is 0. The van der Waals surface area contributed by atoms with E-state index in [9.17, 15) is 14.4 Å². The maximum absolute atomic E-state index is 13.2. The van der Waals surface area contributed by atoms with Crippen LogP contribution in [0.4, 0.5) is 17.3 Å². The third-order valence-corrected chi connectivity index (χ3v) is 9.93. The van der Waals surface area contributed by atoms with E-state index in [1.807, 2.05) is 23.2 Å². The number of nitrogens with one attached hydrogen (secondary N) is 3. The molecule has 3 amide bonds. The van der Waals surface area contributed by atoms with Gasteiger partial charge in [-0.25, -0.2) is 9.97 Å². The van der Waals surface area contributed by atoms with Crippen molar-refractivity contribution in [3.8, 4) is 0 Å². The van der Waals surface area contributed by atoms with Gasteiger partial charge < -0.3 is 20.4 Å². The molecule has 1 unspecified atom stereocenters. The Balaban J connectivity index is 0.842. The minimum Gasteiger partial charge on any atom is -0.369 e. The fourth-order valence-corrected chi connectivity index (χ4v) is 7.11. The molecule has 3 N–H and O–H groups in total. The highest BCUT2D eigenvalue weighted by molar-refractivity contribution is 6.00. The van der Waals surface area contributed by atoms with Crippen LogP contribution in [0.15, 0.2) is 54.7 Å². The van der Waals surface area contributed by atoms with Gasteiger partial charge in [0.2, 0.25) is 23.7 Å². The Kier molecular flexibility index (Phi) is 8.94. The molecule has 46 heavy (non-hydrogen) atoms. The van der Waals surface area contributed by atoms with E-state index < -0.39 is 0 Å². The number of hydrogen-bond donors (Lipinski definition) is 3. The molecule has 1 atom stereocenters. The molecule has 2 aromatic carbocycles. The van der Waals surface area contributed by atoms with Crippen LogP contribution >= 0.6 is 0 Å². The summed E-state index contributed by atoms with van der Waals surface area (Å²) >= 11 is 0. The molecule has 3 saturated heterocycles. The van der Waals surface area contributed by atoms with Gasteiger partial charge in [-0.05, 0) is 79.1 Å². The molecule has 3 fully saturated rings. The Morgan fingerprint density at radius 1 is 0.870 bits per heavy atom. The number of carbonyl (C=O) groups excluding carboxylic acids is 3. The average Bonchev–Trinajstić information content (AvgIpc) is 3.09. The van der Waals surface area contributed by atoms with Gasteiger partial charge in [0.25, 0.3) is 0 Å². The molecule has 5 heterocycles. The van der Waals surface area contributed by atoms with Crippen LogP contribution in [-0.4, -0.2) is 89.8 Å². The lowest BCUT2D eigenvalue weighted by Gasteiger charge is -2.38. The number of carbonyl (C=O) groups is 3. The fourth-order valence-electron chi connectivity index (χ4n) is 7.11. The van der Waals surface area contributed by atoms with Crippen LogP contribution in [0, 0.1) is 0 Å². The van der Waals surface area contributed by atoms with Gasteiger partial charge in [0.1, 0.15) is 0 Å². The summed E-state index contributed by atoms with van der Waals surface area (Å²) in [5.74, 6) is 0.646. The highest BCUT2D eigenvalue weighted by atomic mass is 16.2. The van der Waals surface area contributed by atoms with Crippen LogP contribution in [-0.2, 0) is 27.3 Å². The number of amides is 3. The van der Waals surface area contributed by atoms with Crippen molar-refractivity contribution in [1.82, 2.24) is 30.4 Å². The molecule has 0 aliphatic carbocycles. The Hall–Kier alpha value is -4.35. The molecule has 240 valence electrons. The molecule has 3 aromatic rings. The number of aromatic nitrogens is 2. The molecule has 0 saturated carbocycles. The maximum atomic E-state index is 13.2. The molecule has 4 aliphatic rings. The van der Waals surface area contributed by atoms with Crippen LogP contribution in [0.2, 0.25) is 0 Å². The third-order valence-electron chi connectivity index (χ3n) is 9.93. The van der Waals surface area contributed by atoms with Crippen LogP contribution in [0.3, 0.4) is 0 Å². The molecular weight excluding hydrogens is 580 g/mol. The van der Waals surface area contributed by atoms with Crippen molar-refractivity contribution in [2.45, 2.75) is 50.5 Å². The summed E-state index contributed by atoms with van der Waals surface area (Å²) in [7, 11) is 0.